The Kier molecular flexibility index (Phi) is 3.60. The second kappa shape index (κ2) is 5.36. The molecule has 0 aromatic rings. The lowest BCUT2D eigenvalue weighted by atomic mass is 9.51. The highest BCUT2D eigenvalue weighted by Crippen LogP contribution is 2.63. The van der Waals surface area contributed by atoms with E-state index in [1.165, 1.54) is 38.5 Å². The van der Waals surface area contributed by atoms with Gasteiger partial charge in [-0.3, -0.25) is 0 Å². The molecule has 3 heteroatoms. The molecule has 0 bridgehead atoms. The van der Waals surface area contributed by atoms with Crippen molar-refractivity contribution < 1.29 is 10.3 Å². The summed E-state index contributed by atoms with van der Waals surface area (Å²) in [5, 5.41) is 23.1. The van der Waals surface area contributed by atoms with Crippen molar-refractivity contribution in [2.75, 3.05) is 0 Å². The van der Waals surface area contributed by atoms with Gasteiger partial charge in [-0.2, -0.15) is 0 Å². The molecule has 4 aliphatic rings. The van der Waals surface area contributed by atoms with Crippen LogP contribution in [0, 0.1) is 29.1 Å². The van der Waals surface area contributed by atoms with E-state index in [-0.39, 0.29) is 11.5 Å². The van der Waals surface area contributed by atoms with Gasteiger partial charge in [-0.15, -0.1) is 0 Å². The largest absolute Gasteiger partial charge is 0.411 e. The van der Waals surface area contributed by atoms with Gasteiger partial charge >= 0.3 is 0 Å². The average Bonchev–Trinajstić information content (AvgIpc) is 2.91. The molecular formula is C19H29NO2. The SMILES string of the molecule is CC[C@]12CC[C@H]3[C@@H](CCC4=CC(=NO)CC[C@@H]43)[C@@H]1CC[C@H]2O. The Balaban J connectivity index is 1.62. The lowest BCUT2D eigenvalue weighted by Crippen LogP contribution is -2.48. The van der Waals surface area contributed by atoms with Crippen molar-refractivity contribution in [1.29, 1.82) is 0 Å². The summed E-state index contributed by atoms with van der Waals surface area (Å²) < 4.78 is 0. The third-order valence-corrected chi connectivity index (χ3v) is 7.77. The zero-order valence-corrected chi connectivity index (χ0v) is 13.7. The predicted octanol–water partition coefficient (Wildman–Crippen LogP) is 4.14. The van der Waals surface area contributed by atoms with Crippen molar-refractivity contribution >= 4 is 5.71 Å². The predicted molar refractivity (Wildman–Crippen MR) is 86.9 cm³/mol. The number of hydrogen-bond donors (Lipinski definition) is 2. The minimum absolute atomic E-state index is 0.0557. The van der Waals surface area contributed by atoms with E-state index < -0.39 is 0 Å². The van der Waals surface area contributed by atoms with E-state index in [0.29, 0.717) is 0 Å². The third kappa shape index (κ3) is 1.94. The minimum Gasteiger partial charge on any atom is -0.411 e. The van der Waals surface area contributed by atoms with Gasteiger partial charge < -0.3 is 10.3 Å². The van der Waals surface area contributed by atoms with E-state index in [9.17, 15) is 5.11 Å². The Labute approximate surface area is 133 Å². The molecular weight excluding hydrogens is 274 g/mol. The summed E-state index contributed by atoms with van der Waals surface area (Å²) in [7, 11) is 0. The van der Waals surface area contributed by atoms with E-state index in [0.717, 1.165) is 48.6 Å². The van der Waals surface area contributed by atoms with Gasteiger partial charge in [-0.25, -0.2) is 0 Å². The minimum atomic E-state index is -0.0557. The fourth-order valence-electron chi connectivity index (χ4n) is 6.73. The zero-order valence-electron chi connectivity index (χ0n) is 13.7. The Morgan fingerprint density at radius 1 is 1.14 bits per heavy atom. The molecule has 0 amide bonds. The molecule has 4 rings (SSSR count). The first-order chi connectivity index (χ1) is 10.7. The Hall–Kier alpha value is -0.830. The lowest BCUT2D eigenvalue weighted by Gasteiger charge is -2.54. The summed E-state index contributed by atoms with van der Waals surface area (Å²) in [5.74, 6) is 3.10. The topological polar surface area (TPSA) is 52.8 Å². The van der Waals surface area contributed by atoms with Crippen molar-refractivity contribution in [3.63, 3.8) is 0 Å². The summed E-state index contributed by atoms with van der Waals surface area (Å²) in [6.45, 7) is 2.29. The van der Waals surface area contributed by atoms with Crippen LogP contribution < -0.4 is 0 Å². The fourth-order valence-corrected chi connectivity index (χ4v) is 6.73. The normalized spacial score (nSPS) is 49.3. The Morgan fingerprint density at radius 3 is 2.77 bits per heavy atom. The molecule has 122 valence electrons. The molecule has 0 radical (unpaired) electrons. The van der Waals surface area contributed by atoms with Crippen LogP contribution in [0.2, 0.25) is 0 Å². The number of hydrogen-bond acceptors (Lipinski definition) is 3. The first-order valence-electron chi connectivity index (χ1n) is 9.29. The van der Waals surface area contributed by atoms with E-state index >= 15 is 0 Å². The van der Waals surface area contributed by atoms with E-state index in [2.05, 4.69) is 18.2 Å². The van der Waals surface area contributed by atoms with Crippen LogP contribution in [0.5, 0.6) is 0 Å². The summed E-state index contributed by atoms with van der Waals surface area (Å²) in [4.78, 5) is 0. The molecule has 3 saturated carbocycles. The number of oxime groups is 1. The monoisotopic (exact) mass is 303 g/mol. The number of rotatable bonds is 1. The van der Waals surface area contributed by atoms with Crippen LogP contribution in [0.1, 0.15) is 64.7 Å². The average molecular weight is 303 g/mol. The van der Waals surface area contributed by atoms with Crippen molar-refractivity contribution in [1.82, 2.24) is 0 Å². The first-order valence-corrected chi connectivity index (χ1v) is 9.29. The van der Waals surface area contributed by atoms with Gasteiger partial charge in [0.1, 0.15) is 0 Å². The quantitative estimate of drug-likeness (QED) is 0.565. The standard InChI is InChI=1S/C19H29NO2/c1-2-19-10-9-15-14-6-4-13(20-22)11-12(14)3-5-16(15)17(19)7-8-18(19)21/h11,14-18,21-22H,2-10H2,1H3/t14-,15+,16+,17-,18+,19-/m0/s1. The van der Waals surface area contributed by atoms with Gasteiger partial charge in [0, 0.05) is 0 Å². The molecule has 0 aromatic heterocycles. The summed E-state index contributed by atoms with van der Waals surface area (Å²) in [5.41, 5.74) is 2.65. The van der Waals surface area contributed by atoms with Gasteiger partial charge in [0.25, 0.3) is 0 Å². The van der Waals surface area contributed by atoms with Crippen LogP contribution in [-0.2, 0) is 0 Å². The summed E-state index contributed by atoms with van der Waals surface area (Å²) in [6.07, 6.45) is 12.6. The van der Waals surface area contributed by atoms with Gasteiger partial charge in [0.05, 0.1) is 11.8 Å². The smallest absolute Gasteiger partial charge is 0.0795 e. The van der Waals surface area contributed by atoms with Crippen LogP contribution in [0.15, 0.2) is 16.8 Å². The highest BCUT2D eigenvalue weighted by molar-refractivity contribution is 5.96. The van der Waals surface area contributed by atoms with Crippen LogP contribution in [-0.4, -0.2) is 22.1 Å². The van der Waals surface area contributed by atoms with Crippen molar-refractivity contribution in [2.45, 2.75) is 70.8 Å². The Bertz CT molecular complexity index is 512. The molecule has 2 N–H and O–H groups in total. The highest BCUT2D eigenvalue weighted by Gasteiger charge is 2.57. The number of allylic oxidation sites excluding steroid dienone is 2. The summed E-state index contributed by atoms with van der Waals surface area (Å²) in [6, 6.07) is 0. The molecule has 0 heterocycles. The maximum absolute atomic E-state index is 10.6. The highest BCUT2D eigenvalue weighted by atomic mass is 16.4. The maximum atomic E-state index is 10.6. The van der Waals surface area contributed by atoms with Gasteiger partial charge in [0.2, 0.25) is 0 Å². The van der Waals surface area contributed by atoms with Crippen molar-refractivity contribution in [3.8, 4) is 0 Å². The molecule has 0 spiro atoms. The van der Waals surface area contributed by atoms with E-state index in [4.69, 9.17) is 5.21 Å². The zero-order chi connectivity index (χ0) is 15.3. The van der Waals surface area contributed by atoms with E-state index in [1.54, 1.807) is 5.57 Å². The molecule has 6 atom stereocenters. The molecule has 3 fully saturated rings. The molecule has 0 aliphatic heterocycles. The molecule has 22 heavy (non-hydrogen) atoms. The molecule has 4 aliphatic carbocycles. The number of fused-ring (bicyclic) bond motifs is 5. The van der Waals surface area contributed by atoms with Crippen LogP contribution in [0.25, 0.3) is 0 Å². The second-order valence-corrected chi connectivity index (χ2v) is 8.15. The molecule has 0 aromatic carbocycles. The van der Waals surface area contributed by atoms with E-state index in [1.807, 2.05) is 0 Å². The maximum Gasteiger partial charge on any atom is 0.0795 e. The molecule has 0 saturated heterocycles. The van der Waals surface area contributed by atoms with Crippen LogP contribution in [0.4, 0.5) is 0 Å². The Morgan fingerprint density at radius 2 is 2.00 bits per heavy atom. The number of nitrogens with zero attached hydrogens (tertiary/aromatic N) is 1. The third-order valence-electron chi connectivity index (χ3n) is 7.77. The van der Waals surface area contributed by atoms with Gasteiger partial charge in [-0.1, -0.05) is 17.7 Å². The van der Waals surface area contributed by atoms with Crippen molar-refractivity contribution in [3.05, 3.63) is 11.6 Å². The van der Waals surface area contributed by atoms with Gasteiger partial charge in [0.15, 0.2) is 0 Å². The lowest BCUT2D eigenvalue weighted by molar-refractivity contribution is -0.0667. The van der Waals surface area contributed by atoms with Crippen LogP contribution in [0.3, 0.4) is 0 Å². The second-order valence-electron chi connectivity index (χ2n) is 8.15. The fraction of sp³-hybridized carbons (Fsp3) is 0.842. The number of aliphatic hydroxyl groups excluding tert-OH is 1. The molecule has 3 nitrogen and oxygen atoms in total. The first kappa shape index (κ1) is 14.7. The summed E-state index contributed by atoms with van der Waals surface area (Å²) >= 11 is 0. The van der Waals surface area contributed by atoms with Crippen molar-refractivity contribution in [2.24, 2.45) is 34.2 Å². The number of aliphatic hydroxyl groups is 1. The van der Waals surface area contributed by atoms with Gasteiger partial charge in [-0.05, 0) is 93.0 Å². The molecule has 0 unspecified atom stereocenters. The van der Waals surface area contributed by atoms with Crippen LogP contribution >= 0.6 is 0 Å².